The van der Waals surface area contributed by atoms with Crippen LogP contribution in [0.2, 0.25) is 0 Å². The molecule has 1 atom stereocenters. The molecule has 4 nitrogen and oxygen atoms in total. The lowest BCUT2D eigenvalue weighted by Crippen LogP contribution is -2.41. The lowest BCUT2D eigenvalue weighted by molar-refractivity contribution is -0.169. The Morgan fingerprint density at radius 3 is 2.58 bits per heavy atom. The third kappa shape index (κ3) is 3.60. The van der Waals surface area contributed by atoms with Gasteiger partial charge >= 0.3 is 5.97 Å². The normalized spacial score (nSPS) is 23.6. The van der Waals surface area contributed by atoms with E-state index in [0.717, 1.165) is 29.5 Å². The van der Waals surface area contributed by atoms with Crippen molar-refractivity contribution in [1.82, 2.24) is 5.32 Å². The summed E-state index contributed by atoms with van der Waals surface area (Å²) in [6, 6.07) is 7.71. The van der Waals surface area contributed by atoms with Crippen LogP contribution in [0.5, 0.6) is 0 Å². The molecule has 1 aliphatic rings. The van der Waals surface area contributed by atoms with E-state index in [1.54, 1.807) is 12.1 Å². The van der Waals surface area contributed by atoms with E-state index in [9.17, 15) is 9.90 Å². The summed E-state index contributed by atoms with van der Waals surface area (Å²) in [5.41, 5.74) is -1.73. The van der Waals surface area contributed by atoms with Gasteiger partial charge in [-0.3, -0.25) is 0 Å². The van der Waals surface area contributed by atoms with Crippen LogP contribution in [-0.2, 0) is 15.1 Å². The van der Waals surface area contributed by atoms with Crippen molar-refractivity contribution in [2.24, 2.45) is 0 Å². The number of halogens is 1. The Labute approximate surface area is 158 Å². The molecule has 1 saturated carbocycles. The summed E-state index contributed by atoms with van der Waals surface area (Å²) in [6.45, 7) is 0. The van der Waals surface area contributed by atoms with Gasteiger partial charge in [-0.05, 0) is 72.2 Å². The minimum Gasteiger partial charge on any atom is -0.460 e. The molecule has 1 fully saturated rings. The number of esters is 1. The van der Waals surface area contributed by atoms with Gasteiger partial charge in [-0.2, -0.15) is 0 Å². The van der Waals surface area contributed by atoms with E-state index >= 15 is 0 Å². The number of rotatable bonds is 5. The van der Waals surface area contributed by atoms with Gasteiger partial charge in [0.25, 0.3) is 0 Å². The molecule has 0 unspecified atom stereocenters. The first kappa shape index (κ1) is 18.1. The predicted molar refractivity (Wildman–Crippen MR) is 101 cm³/mol. The second kappa shape index (κ2) is 7.66. The maximum atomic E-state index is 12.9. The zero-order chi connectivity index (χ0) is 17.2. The molecule has 0 aliphatic heterocycles. The summed E-state index contributed by atoms with van der Waals surface area (Å²) in [6.07, 6.45) is 3.49. The number of ether oxygens (including phenoxy) is 1. The maximum Gasteiger partial charge on any atom is 0.349 e. The molecule has 2 heterocycles. The van der Waals surface area contributed by atoms with Crippen molar-refractivity contribution in [1.29, 1.82) is 0 Å². The van der Waals surface area contributed by atoms with Gasteiger partial charge in [-0.15, -0.1) is 22.7 Å². The van der Waals surface area contributed by atoms with Gasteiger partial charge in [0, 0.05) is 6.04 Å². The molecule has 130 valence electrons. The third-order valence-corrected chi connectivity index (χ3v) is 7.17. The quantitative estimate of drug-likeness (QED) is 0.707. The molecule has 7 heteroatoms. The highest BCUT2D eigenvalue weighted by Crippen LogP contribution is 2.40. The minimum atomic E-state index is -1.73. The summed E-state index contributed by atoms with van der Waals surface area (Å²) in [5, 5.41) is 16.4. The van der Waals surface area contributed by atoms with Crippen LogP contribution in [0.3, 0.4) is 0 Å². The molecule has 2 aromatic heterocycles. The zero-order valence-electron chi connectivity index (χ0n) is 13.3. The van der Waals surface area contributed by atoms with Gasteiger partial charge in [0.05, 0.1) is 13.5 Å². The molecule has 24 heavy (non-hydrogen) atoms. The largest absolute Gasteiger partial charge is 0.460 e. The Bertz CT molecular complexity index is 680. The standard InChI is InChI=1S/C17H20BrNO3S2/c1-19-11-4-6-12(7-5-11)22-16(20)17(21,13-3-2-10-23-13)14-8-9-15(18)24-14/h2-3,8-12,19,21H,4-7H2,1H3/t11?,12?,17-/m0/s1. The Morgan fingerprint density at radius 1 is 1.29 bits per heavy atom. The van der Waals surface area contributed by atoms with Crippen LogP contribution < -0.4 is 5.32 Å². The fourth-order valence-electron chi connectivity index (χ4n) is 3.02. The van der Waals surface area contributed by atoms with Gasteiger partial charge in [0.15, 0.2) is 0 Å². The number of carbonyl (C=O) groups excluding carboxylic acids is 1. The van der Waals surface area contributed by atoms with Gasteiger partial charge in [0.1, 0.15) is 6.10 Å². The van der Waals surface area contributed by atoms with E-state index in [-0.39, 0.29) is 6.10 Å². The van der Waals surface area contributed by atoms with Crippen LogP contribution in [0.1, 0.15) is 35.4 Å². The minimum absolute atomic E-state index is 0.128. The Hall–Kier alpha value is -0.730. The van der Waals surface area contributed by atoms with Crippen molar-refractivity contribution in [2.75, 3.05) is 7.05 Å². The molecule has 0 bridgehead atoms. The van der Waals surface area contributed by atoms with E-state index in [1.807, 2.05) is 24.6 Å². The van der Waals surface area contributed by atoms with Crippen LogP contribution in [0.15, 0.2) is 33.4 Å². The SMILES string of the molecule is CNC1CCC(OC(=O)[C@](O)(c2cccs2)c2ccc(Br)s2)CC1. The number of thiophene rings is 2. The maximum absolute atomic E-state index is 12.9. The van der Waals surface area contributed by atoms with E-state index in [0.29, 0.717) is 15.8 Å². The number of hydrogen-bond acceptors (Lipinski definition) is 6. The van der Waals surface area contributed by atoms with Crippen LogP contribution in [0, 0.1) is 0 Å². The van der Waals surface area contributed by atoms with Crippen LogP contribution in [0.4, 0.5) is 0 Å². The average molecular weight is 430 g/mol. The summed E-state index contributed by atoms with van der Waals surface area (Å²) in [7, 11) is 1.96. The molecule has 0 spiro atoms. The first-order valence-corrected chi connectivity index (χ1v) is 10.4. The highest BCUT2D eigenvalue weighted by molar-refractivity contribution is 9.11. The van der Waals surface area contributed by atoms with Crippen molar-refractivity contribution < 1.29 is 14.6 Å². The van der Waals surface area contributed by atoms with Crippen LogP contribution in [0.25, 0.3) is 0 Å². The van der Waals surface area contributed by atoms with Crippen molar-refractivity contribution in [3.05, 3.63) is 43.2 Å². The molecule has 0 amide bonds. The number of aliphatic hydroxyl groups is 1. The van der Waals surface area contributed by atoms with Crippen molar-refractivity contribution in [3.8, 4) is 0 Å². The molecule has 0 radical (unpaired) electrons. The molecule has 1 aliphatic carbocycles. The fourth-order valence-corrected chi connectivity index (χ4v) is 5.39. The Balaban J connectivity index is 1.80. The molecule has 2 N–H and O–H groups in total. The second-order valence-corrected chi connectivity index (χ2v) is 9.37. The van der Waals surface area contributed by atoms with E-state index in [1.165, 1.54) is 22.7 Å². The smallest absolute Gasteiger partial charge is 0.349 e. The Morgan fingerprint density at radius 2 is 2.04 bits per heavy atom. The van der Waals surface area contributed by atoms with E-state index < -0.39 is 11.6 Å². The number of carbonyl (C=O) groups is 1. The molecular formula is C17H20BrNO3S2. The first-order chi connectivity index (χ1) is 11.5. The topological polar surface area (TPSA) is 58.6 Å². The van der Waals surface area contributed by atoms with E-state index in [2.05, 4.69) is 21.2 Å². The number of nitrogens with one attached hydrogen (secondary N) is 1. The molecule has 0 saturated heterocycles. The van der Waals surface area contributed by atoms with Gasteiger partial charge in [0.2, 0.25) is 5.60 Å². The molecular weight excluding hydrogens is 410 g/mol. The van der Waals surface area contributed by atoms with Crippen molar-refractivity contribution >= 4 is 44.6 Å². The summed E-state index contributed by atoms with van der Waals surface area (Å²) < 4.78 is 6.59. The van der Waals surface area contributed by atoms with Gasteiger partial charge in [-0.1, -0.05) is 6.07 Å². The number of hydrogen-bond donors (Lipinski definition) is 2. The van der Waals surface area contributed by atoms with Crippen LogP contribution >= 0.6 is 38.6 Å². The van der Waals surface area contributed by atoms with Gasteiger partial charge in [-0.25, -0.2) is 4.79 Å². The molecule has 3 rings (SSSR count). The third-order valence-electron chi connectivity index (χ3n) is 4.46. The summed E-state index contributed by atoms with van der Waals surface area (Å²) in [5.74, 6) is -0.577. The average Bonchev–Trinajstić information content (AvgIpc) is 3.26. The van der Waals surface area contributed by atoms with E-state index in [4.69, 9.17) is 4.74 Å². The van der Waals surface area contributed by atoms with Crippen LogP contribution in [-0.4, -0.2) is 30.3 Å². The van der Waals surface area contributed by atoms with Crippen molar-refractivity contribution in [2.45, 2.75) is 43.4 Å². The predicted octanol–water partition coefficient (Wildman–Crippen LogP) is 3.88. The highest BCUT2D eigenvalue weighted by Gasteiger charge is 2.45. The lowest BCUT2D eigenvalue weighted by atomic mass is 9.92. The Kier molecular flexibility index (Phi) is 5.77. The molecule has 0 aromatic carbocycles. The monoisotopic (exact) mass is 429 g/mol. The first-order valence-electron chi connectivity index (χ1n) is 7.94. The lowest BCUT2D eigenvalue weighted by Gasteiger charge is -2.31. The fraction of sp³-hybridized carbons (Fsp3) is 0.471. The van der Waals surface area contributed by atoms with Gasteiger partial charge < -0.3 is 15.2 Å². The summed E-state index contributed by atoms with van der Waals surface area (Å²) >= 11 is 6.11. The summed E-state index contributed by atoms with van der Waals surface area (Å²) in [4.78, 5) is 14.1. The molecule has 2 aromatic rings. The zero-order valence-corrected chi connectivity index (χ0v) is 16.5. The highest BCUT2D eigenvalue weighted by atomic mass is 79.9. The second-order valence-electron chi connectivity index (χ2n) is 5.96. The van der Waals surface area contributed by atoms with Crippen molar-refractivity contribution in [3.63, 3.8) is 0 Å².